The number of urea groups is 1. The van der Waals surface area contributed by atoms with Gasteiger partial charge in [0.15, 0.2) is 11.5 Å². The molecule has 132 valence electrons. The van der Waals surface area contributed by atoms with E-state index in [0.717, 1.165) is 5.56 Å². The number of hydrogen-bond donors (Lipinski definition) is 3. The molecule has 0 aliphatic rings. The number of aliphatic carboxylic acids is 1. The molecule has 0 unspecified atom stereocenters. The molecule has 0 saturated carbocycles. The molecule has 7 heteroatoms. The predicted molar refractivity (Wildman–Crippen MR) is 93.3 cm³/mol. The topological polar surface area (TPSA) is 96.9 Å². The minimum Gasteiger partial charge on any atom is -0.493 e. The lowest BCUT2D eigenvalue weighted by Crippen LogP contribution is -2.44. The maximum atomic E-state index is 12.1. The maximum Gasteiger partial charge on any atom is 0.326 e. The summed E-state index contributed by atoms with van der Waals surface area (Å²) in [6.07, 6.45) is 0.190. The van der Waals surface area contributed by atoms with Crippen LogP contribution >= 0.6 is 0 Å². The van der Waals surface area contributed by atoms with Crippen molar-refractivity contribution in [3.8, 4) is 11.5 Å². The molecule has 0 spiro atoms. The summed E-state index contributed by atoms with van der Waals surface area (Å²) < 4.78 is 10.3. The number of nitrogens with one attached hydrogen (secondary N) is 2. The molecule has 0 saturated heterocycles. The van der Waals surface area contributed by atoms with Crippen molar-refractivity contribution >= 4 is 17.7 Å². The van der Waals surface area contributed by atoms with Crippen molar-refractivity contribution in [2.24, 2.45) is 0 Å². The van der Waals surface area contributed by atoms with E-state index in [1.807, 2.05) is 30.3 Å². The molecule has 0 radical (unpaired) electrons. The molecule has 0 aromatic heterocycles. The number of carbonyl (C=O) groups is 2. The highest BCUT2D eigenvalue weighted by molar-refractivity contribution is 5.92. The molecular weight excluding hydrogens is 324 g/mol. The van der Waals surface area contributed by atoms with Crippen LogP contribution in [0.4, 0.5) is 10.5 Å². The second kappa shape index (κ2) is 8.58. The molecular formula is C18H20N2O5. The van der Waals surface area contributed by atoms with Crippen LogP contribution < -0.4 is 20.1 Å². The maximum absolute atomic E-state index is 12.1. The summed E-state index contributed by atoms with van der Waals surface area (Å²) in [7, 11) is 3.00. The number of hydrogen-bond acceptors (Lipinski definition) is 4. The molecule has 0 heterocycles. The zero-order valence-corrected chi connectivity index (χ0v) is 14.0. The lowest BCUT2D eigenvalue weighted by molar-refractivity contribution is -0.139. The Labute approximate surface area is 145 Å². The molecule has 3 N–H and O–H groups in total. The summed E-state index contributed by atoms with van der Waals surface area (Å²) in [5.41, 5.74) is 1.28. The molecule has 2 rings (SSSR count). The number of carboxylic acids is 1. The van der Waals surface area contributed by atoms with Crippen LogP contribution in [0, 0.1) is 0 Å². The summed E-state index contributed by atoms with van der Waals surface area (Å²) in [6, 6.07) is 12.3. The molecule has 25 heavy (non-hydrogen) atoms. The van der Waals surface area contributed by atoms with Crippen LogP contribution in [-0.4, -0.2) is 37.4 Å². The third kappa shape index (κ3) is 5.13. The quantitative estimate of drug-likeness (QED) is 0.717. The Morgan fingerprint density at radius 3 is 2.32 bits per heavy atom. The van der Waals surface area contributed by atoms with E-state index in [9.17, 15) is 14.7 Å². The first kappa shape index (κ1) is 18.1. The van der Waals surface area contributed by atoms with Crippen LogP contribution in [0.15, 0.2) is 48.5 Å². The molecule has 2 aromatic carbocycles. The van der Waals surface area contributed by atoms with Gasteiger partial charge >= 0.3 is 12.0 Å². The molecule has 0 fully saturated rings. The largest absolute Gasteiger partial charge is 0.493 e. The van der Waals surface area contributed by atoms with Gasteiger partial charge in [-0.3, -0.25) is 0 Å². The molecule has 0 aliphatic heterocycles. The predicted octanol–water partition coefficient (Wildman–Crippen LogP) is 2.52. The number of carboxylic acid groups (broad SMARTS) is 1. The fourth-order valence-electron chi connectivity index (χ4n) is 2.29. The van der Waals surface area contributed by atoms with Gasteiger partial charge in [0.1, 0.15) is 6.04 Å². The number of methoxy groups -OCH3 is 2. The molecule has 1 atom stereocenters. The first-order valence-corrected chi connectivity index (χ1v) is 7.59. The van der Waals surface area contributed by atoms with Crippen molar-refractivity contribution in [1.82, 2.24) is 5.32 Å². The summed E-state index contributed by atoms with van der Waals surface area (Å²) in [5.74, 6) is -0.119. The van der Waals surface area contributed by atoms with Crippen LogP contribution in [0.3, 0.4) is 0 Å². The minimum absolute atomic E-state index is 0.190. The molecule has 2 aromatic rings. The standard InChI is InChI=1S/C18H20N2O5/c1-24-15-9-8-13(11-16(15)25-2)19-18(23)20-14(17(21)22)10-12-6-4-3-5-7-12/h3-9,11,14H,10H2,1-2H3,(H,21,22)(H2,19,20,23)/t14-/m0/s1. The highest BCUT2D eigenvalue weighted by Crippen LogP contribution is 2.29. The van der Waals surface area contributed by atoms with Gasteiger partial charge in [-0.2, -0.15) is 0 Å². The van der Waals surface area contributed by atoms with Crippen molar-refractivity contribution in [2.75, 3.05) is 19.5 Å². The number of benzene rings is 2. The van der Waals surface area contributed by atoms with Crippen LogP contribution in [0.2, 0.25) is 0 Å². The second-order valence-corrected chi connectivity index (χ2v) is 5.25. The SMILES string of the molecule is COc1ccc(NC(=O)N[C@@H](Cc2ccccc2)C(=O)O)cc1OC. The van der Waals surface area contributed by atoms with E-state index in [0.29, 0.717) is 17.2 Å². The third-order valence-corrected chi connectivity index (χ3v) is 3.53. The van der Waals surface area contributed by atoms with Gasteiger partial charge in [-0.25, -0.2) is 9.59 Å². The van der Waals surface area contributed by atoms with Gasteiger partial charge in [0, 0.05) is 18.2 Å². The highest BCUT2D eigenvalue weighted by Gasteiger charge is 2.20. The van der Waals surface area contributed by atoms with Gasteiger partial charge in [0.2, 0.25) is 0 Å². The van der Waals surface area contributed by atoms with E-state index in [1.165, 1.54) is 14.2 Å². The van der Waals surface area contributed by atoms with Gasteiger partial charge in [0.05, 0.1) is 14.2 Å². The van der Waals surface area contributed by atoms with E-state index in [1.54, 1.807) is 18.2 Å². The number of amides is 2. The van der Waals surface area contributed by atoms with Crippen molar-refractivity contribution in [2.45, 2.75) is 12.5 Å². The van der Waals surface area contributed by atoms with Gasteiger partial charge in [-0.05, 0) is 17.7 Å². The molecule has 2 amide bonds. The van der Waals surface area contributed by atoms with E-state index >= 15 is 0 Å². The monoisotopic (exact) mass is 344 g/mol. The fourth-order valence-corrected chi connectivity index (χ4v) is 2.29. The van der Waals surface area contributed by atoms with Crippen molar-refractivity contribution < 1.29 is 24.2 Å². The van der Waals surface area contributed by atoms with Crippen molar-refractivity contribution in [1.29, 1.82) is 0 Å². The Morgan fingerprint density at radius 1 is 1.04 bits per heavy atom. The Balaban J connectivity index is 2.03. The van der Waals surface area contributed by atoms with Crippen LogP contribution in [0.5, 0.6) is 11.5 Å². The Morgan fingerprint density at radius 2 is 1.72 bits per heavy atom. The number of carbonyl (C=O) groups excluding carboxylic acids is 1. The number of anilines is 1. The van der Waals surface area contributed by atoms with E-state index in [2.05, 4.69) is 10.6 Å². The van der Waals surface area contributed by atoms with Gasteiger partial charge < -0.3 is 25.2 Å². The normalized spacial score (nSPS) is 11.3. The summed E-state index contributed by atoms with van der Waals surface area (Å²) in [6.45, 7) is 0. The Bertz CT molecular complexity index is 734. The smallest absolute Gasteiger partial charge is 0.326 e. The Hall–Kier alpha value is -3.22. The van der Waals surface area contributed by atoms with Gasteiger partial charge in [-0.1, -0.05) is 30.3 Å². The van der Waals surface area contributed by atoms with E-state index < -0.39 is 18.0 Å². The first-order chi connectivity index (χ1) is 12.0. The van der Waals surface area contributed by atoms with Crippen LogP contribution in [0.1, 0.15) is 5.56 Å². The lowest BCUT2D eigenvalue weighted by Gasteiger charge is -2.16. The first-order valence-electron chi connectivity index (χ1n) is 7.59. The Kier molecular flexibility index (Phi) is 6.22. The van der Waals surface area contributed by atoms with Crippen LogP contribution in [-0.2, 0) is 11.2 Å². The fraction of sp³-hybridized carbons (Fsp3) is 0.222. The van der Waals surface area contributed by atoms with E-state index in [4.69, 9.17) is 9.47 Å². The van der Waals surface area contributed by atoms with Crippen molar-refractivity contribution in [3.63, 3.8) is 0 Å². The summed E-state index contributed by atoms with van der Waals surface area (Å²) in [4.78, 5) is 23.5. The summed E-state index contributed by atoms with van der Waals surface area (Å²) in [5, 5.41) is 14.4. The summed E-state index contributed by atoms with van der Waals surface area (Å²) >= 11 is 0. The van der Waals surface area contributed by atoms with Crippen molar-refractivity contribution in [3.05, 3.63) is 54.1 Å². The zero-order chi connectivity index (χ0) is 18.2. The lowest BCUT2D eigenvalue weighted by atomic mass is 10.1. The zero-order valence-electron chi connectivity index (χ0n) is 14.0. The average Bonchev–Trinajstić information content (AvgIpc) is 2.61. The molecule has 0 bridgehead atoms. The van der Waals surface area contributed by atoms with Crippen LogP contribution in [0.25, 0.3) is 0 Å². The molecule has 7 nitrogen and oxygen atoms in total. The third-order valence-electron chi connectivity index (χ3n) is 3.53. The number of rotatable bonds is 7. The van der Waals surface area contributed by atoms with Gasteiger partial charge in [-0.15, -0.1) is 0 Å². The average molecular weight is 344 g/mol. The number of ether oxygens (including phenoxy) is 2. The van der Waals surface area contributed by atoms with E-state index in [-0.39, 0.29) is 6.42 Å². The van der Waals surface area contributed by atoms with Gasteiger partial charge in [0.25, 0.3) is 0 Å². The second-order valence-electron chi connectivity index (χ2n) is 5.25. The highest BCUT2D eigenvalue weighted by atomic mass is 16.5. The minimum atomic E-state index is -1.11. The molecule has 0 aliphatic carbocycles.